The Bertz CT molecular complexity index is 207. The molecule has 0 radical (unpaired) electrons. The van der Waals surface area contributed by atoms with Gasteiger partial charge in [-0.1, -0.05) is 0 Å². The zero-order valence-corrected chi connectivity index (χ0v) is 7.12. The number of rotatable bonds is 3. The summed E-state index contributed by atoms with van der Waals surface area (Å²) >= 11 is 0. The minimum absolute atomic E-state index is 0.0710. The van der Waals surface area contributed by atoms with Gasteiger partial charge in [0.15, 0.2) is 0 Å². The summed E-state index contributed by atoms with van der Waals surface area (Å²) < 4.78 is 0. The molecule has 2 N–H and O–H groups in total. The Balaban J connectivity index is 2.42. The first-order valence-electron chi connectivity index (χ1n) is 4.22. The van der Waals surface area contributed by atoms with E-state index in [9.17, 15) is 4.79 Å². The highest BCUT2D eigenvalue weighted by molar-refractivity contribution is 5.80. The van der Waals surface area contributed by atoms with E-state index in [2.05, 4.69) is 10.8 Å². The van der Waals surface area contributed by atoms with Gasteiger partial charge in [-0.15, -0.1) is 12.3 Å². The van der Waals surface area contributed by atoms with Crippen LogP contribution in [0.1, 0.15) is 19.3 Å². The maximum Gasteiger partial charge on any atom is 0.234 e. The van der Waals surface area contributed by atoms with Crippen molar-refractivity contribution >= 4 is 5.91 Å². The highest BCUT2D eigenvalue weighted by Crippen LogP contribution is 2.16. The lowest BCUT2D eigenvalue weighted by Crippen LogP contribution is -2.40. The summed E-state index contributed by atoms with van der Waals surface area (Å²) in [6, 6.07) is -0.0710. The predicted molar refractivity (Wildman–Crippen MR) is 47.2 cm³/mol. The molecule has 0 spiro atoms. The van der Waals surface area contributed by atoms with E-state index in [0.717, 1.165) is 25.9 Å². The number of terminal acetylenes is 1. The molecular formula is C9H14N2O. The zero-order chi connectivity index (χ0) is 8.97. The van der Waals surface area contributed by atoms with Crippen LogP contribution in [0.4, 0.5) is 0 Å². The number of likely N-dealkylation sites (tertiary alicyclic amines) is 1. The third-order valence-electron chi connectivity index (χ3n) is 2.24. The van der Waals surface area contributed by atoms with E-state index in [-0.39, 0.29) is 11.9 Å². The summed E-state index contributed by atoms with van der Waals surface area (Å²) in [4.78, 5) is 13.0. The number of hydrogen-bond acceptors (Lipinski definition) is 2. The molecule has 1 saturated heterocycles. The maximum absolute atomic E-state index is 10.9. The van der Waals surface area contributed by atoms with Crippen molar-refractivity contribution in [2.75, 3.05) is 13.1 Å². The number of nitrogens with two attached hydrogens (primary N) is 1. The van der Waals surface area contributed by atoms with Gasteiger partial charge in [-0.2, -0.15) is 0 Å². The van der Waals surface area contributed by atoms with Crippen molar-refractivity contribution in [3.8, 4) is 12.3 Å². The number of carbonyl (C=O) groups is 1. The third kappa shape index (κ3) is 1.99. The molecule has 12 heavy (non-hydrogen) atoms. The summed E-state index contributed by atoms with van der Waals surface area (Å²) in [6.07, 6.45) is 7.78. The molecule has 1 unspecified atom stereocenters. The molecule has 1 fully saturated rings. The number of nitrogens with zero attached hydrogens (tertiary/aromatic N) is 1. The molecule has 1 aliphatic rings. The minimum atomic E-state index is -0.218. The quantitative estimate of drug-likeness (QED) is 0.598. The Morgan fingerprint density at radius 3 is 3.08 bits per heavy atom. The highest BCUT2D eigenvalue weighted by atomic mass is 16.1. The van der Waals surface area contributed by atoms with Gasteiger partial charge in [0.2, 0.25) is 5.91 Å². The van der Waals surface area contributed by atoms with Crippen LogP contribution in [-0.2, 0) is 4.79 Å². The van der Waals surface area contributed by atoms with E-state index in [1.54, 1.807) is 0 Å². The van der Waals surface area contributed by atoms with Crippen molar-refractivity contribution < 1.29 is 4.79 Å². The number of amides is 1. The molecule has 1 amide bonds. The van der Waals surface area contributed by atoms with E-state index in [1.165, 1.54) is 0 Å². The monoisotopic (exact) mass is 166 g/mol. The Morgan fingerprint density at radius 2 is 2.50 bits per heavy atom. The van der Waals surface area contributed by atoms with E-state index >= 15 is 0 Å². The number of primary amides is 1. The van der Waals surface area contributed by atoms with Gasteiger partial charge in [-0.25, -0.2) is 0 Å². The second kappa shape index (κ2) is 4.13. The molecule has 3 heteroatoms. The van der Waals surface area contributed by atoms with Crippen molar-refractivity contribution in [1.29, 1.82) is 0 Å². The van der Waals surface area contributed by atoms with Gasteiger partial charge in [0, 0.05) is 13.0 Å². The molecule has 0 bridgehead atoms. The van der Waals surface area contributed by atoms with Crippen LogP contribution < -0.4 is 5.73 Å². The molecule has 66 valence electrons. The van der Waals surface area contributed by atoms with Crippen molar-refractivity contribution in [2.24, 2.45) is 5.73 Å². The second-order valence-corrected chi connectivity index (χ2v) is 3.05. The van der Waals surface area contributed by atoms with Gasteiger partial charge in [0.25, 0.3) is 0 Å². The summed E-state index contributed by atoms with van der Waals surface area (Å²) in [5, 5.41) is 0. The summed E-state index contributed by atoms with van der Waals surface area (Å²) in [7, 11) is 0. The topological polar surface area (TPSA) is 46.3 Å². The highest BCUT2D eigenvalue weighted by Gasteiger charge is 2.27. The van der Waals surface area contributed by atoms with Gasteiger partial charge in [0.1, 0.15) is 0 Å². The van der Waals surface area contributed by atoms with Crippen molar-refractivity contribution in [3.63, 3.8) is 0 Å². The Kier molecular flexibility index (Phi) is 3.12. The molecule has 0 saturated carbocycles. The second-order valence-electron chi connectivity index (χ2n) is 3.05. The molecule has 1 aliphatic heterocycles. The van der Waals surface area contributed by atoms with E-state index < -0.39 is 0 Å². The lowest BCUT2D eigenvalue weighted by molar-refractivity contribution is -0.122. The van der Waals surface area contributed by atoms with Gasteiger partial charge < -0.3 is 5.73 Å². The number of carbonyl (C=O) groups excluding carboxylic acids is 1. The molecular weight excluding hydrogens is 152 g/mol. The van der Waals surface area contributed by atoms with E-state index in [4.69, 9.17) is 12.2 Å². The molecule has 0 aliphatic carbocycles. The Morgan fingerprint density at radius 1 is 1.75 bits per heavy atom. The van der Waals surface area contributed by atoms with Gasteiger partial charge in [0.05, 0.1) is 6.04 Å². The molecule has 1 atom stereocenters. The minimum Gasteiger partial charge on any atom is -0.368 e. The third-order valence-corrected chi connectivity index (χ3v) is 2.24. The van der Waals surface area contributed by atoms with Crippen molar-refractivity contribution in [1.82, 2.24) is 4.90 Å². The van der Waals surface area contributed by atoms with E-state index in [0.29, 0.717) is 6.42 Å². The standard InChI is InChI=1S/C9H14N2O/c1-2-3-6-11-7-4-5-8(11)9(10)12/h1,8H,3-7H2,(H2,10,12). The first kappa shape index (κ1) is 9.08. The first-order valence-corrected chi connectivity index (χ1v) is 4.22. The van der Waals surface area contributed by atoms with Gasteiger partial charge >= 0.3 is 0 Å². The zero-order valence-electron chi connectivity index (χ0n) is 7.12. The summed E-state index contributed by atoms with van der Waals surface area (Å²) in [5.74, 6) is 2.34. The fourth-order valence-corrected chi connectivity index (χ4v) is 1.62. The van der Waals surface area contributed by atoms with Crippen LogP contribution in [0.2, 0.25) is 0 Å². The van der Waals surface area contributed by atoms with Crippen LogP contribution in [0.25, 0.3) is 0 Å². The number of hydrogen-bond donors (Lipinski definition) is 1. The first-order chi connectivity index (χ1) is 5.75. The molecule has 0 aromatic heterocycles. The molecule has 0 aromatic carbocycles. The fraction of sp³-hybridized carbons (Fsp3) is 0.667. The van der Waals surface area contributed by atoms with Crippen LogP contribution in [0.3, 0.4) is 0 Å². The normalized spacial score (nSPS) is 23.8. The largest absolute Gasteiger partial charge is 0.368 e. The molecule has 1 heterocycles. The van der Waals surface area contributed by atoms with Crippen LogP contribution in [0, 0.1) is 12.3 Å². The predicted octanol–water partition coefficient (Wildman–Crippen LogP) is -0.0406. The van der Waals surface area contributed by atoms with E-state index in [1.807, 2.05) is 0 Å². The average molecular weight is 166 g/mol. The van der Waals surface area contributed by atoms with Crippen LogP contribution >= 0.6 is 0 Å². The Labute approximate surface area is 72.9 Å². The van der Waals surface area contributed by atoms with Crippen LogP contribution in [0.15, 0.2) is 0 Å². The lowest BCUT2D eigenvalue weighted by atomic mass is 10.2. The average Bonchev–Trinajstić information content (AvgIpc) is 2.48. The lowest BCUT2D eigenvalue weighted by Gasteiger charge is -2.20. The van der Waals surface area contributed by atoms with Gasteiger partial charge in [-0.05, 0) is 19.4 Å². The molecule has 0 aromatic rings. The maximum atomic E-state index is 10.9. The summed E-state index contributed by atoms with van der Waals surface area (Å²) in [6.45, 7) is 1.75. The van der Waals surface area contributed by atoms with Gasteiger partial charge in [-0.3, -0.25) is 9.69 Å². The van der Waals surface area contributed by atoms with Crippen LogP contribution in [-0.4, -0.2) is 29.9 Å². The SMILES string of the molecule is C#CCCN1CCCC1C(N)=O. The smallest absolute Gasteiger partial charge is 0.234 e. The molecule has 1 rings (SSSR count). The van der Waals surface area contributed by atoms with Crippen molar-refractivity contribution in [2.45, 2.75) is 25.3 Å². The summed E-state index contributed by atoms with van der Waals surface area (Å²) in [5.41, 5.74) is 5.23. The molecule has 3 nitrogen and oxygen atoms in total. The Hall–Kier alpha value is -1.01. The van der Waals surface area contributed by atoms with Crippen LogP contribution in [0.5, 0.6) is 0 Å². The van der Waals surface area contributed by atoms with Crippen molar-refractivity contribution in [3.05, 3.63) is 0 Å². The fourth-order valence-electron chi connectivity index (χ4n) is 1.62.